The van der Waals surface area contributed by atoms with Crippen LogP contribution in [0.25, 0.3) is 0 Å². The number of rotatable bonds is 0. The Labute approximate surface area is 70.7 Å². The summed E-state index contributed by atoms with van der Waals surface area (Å²) in [6, 6.07) is 0. The summed E-state index contributed by atoms with van der Waals surface area (Å²) in [5.41, 5.74) is 2.07. The third-order valence-electron chi connectivity index (χ3n) is 2.21. The molecule has 0 bridgehead atoms. The fourth-order valence-electron chi connectivity index (χ4n) is 1.83. The summed E-state index contributed by atoms with van der Waals surface area (Å²) in [6.45, 7) is 9.19. The van der Waals surface area contributed by atoms with Crippen LogP contribution in [0.4, 0.5) is 0 Å². The summed E-state index contributed by atoms with van der Waals surface area (Å²) >= 11 is 0. The maximum Gasteiger partial charge on any atom is -0.0200 e. The summed E-state index contributed by atoms with van der Waals surface area (Å²) in [5.74, 6) is 0.934. The van der Waals surface area contributed by atoms with Crippen LogP contribution in [0.15, 0.2) is 11.6 Å². The lowest BCUT2D eigenvalue weighted by molar-refractivity contribution is 0.536. The van der Waals surface area contributed by atoms with E-state index in [9.17, 15) is 0 Å². The molecule has 11 heavy (non-hydrogen) atoms. The summed E-state index contributed by atoms with van der Waals surface area (Å²) in [7, 11) is 0. The third kappa shape index (κ3) is 3.09. The van der Waals surface area contributed by atoms with E-state index in [-0.39, 0.29) is 0 Å². The van der Waals surface area contributed by atoms with Crippen molar-refractivity contribution in [1.29, 1.82) is 0 Å². The van der Waals surface area contributed by atoms with Crippen molar-refractivity contribution in [3.8, 4) is 0 Å². The fraction of sp³-hybridized carbons (Fsp3) is 0.818. The molecule has 0 aromatic rings. The van der Waals surface area contributed by atoms with Crippen LogP contribution in [0.3, 0.4) is 0 Å². The second kappa shape index (κ2) is 3.00. The van der Waals surface area contributed by atoms with E-state index in [2.05, 4.69) is 33.8 Å². The second-order valence-corrected chi connectivity index (χ2v) is 5.02. The van der Waals surface area contributed by atoms with Gasteiger partial charge >= 0.3 is 0 Å². The van der Waals surface area contributed by atoms with Gasteiger partial charge in [0.1, 0.15) is 0 Å². The molecule has 0 spiro atoms. The highest BCUT2D eigenvalue weighted by Gasteiger charge is 2.17. The maximum absolute atomic E-state index is 2.45. The molecule has 0 heterocycles. The summed E-state index contributed by atoms with van der Waals surface area (Å²) in [5, 5.41) is 0. The topological polar surface area (TPSA) is 0 Å². The van der Waals surface area contributed by atoms with Crippen molar-refractivity contribution < 1.29 is 0 Å². The Morgan fingerprint density at radius 1 is 1.36 bits per heavy atom. The van der Waals surface area contributed by atoms with Crippen LogP contribution < -0.4 is 0 Å². The SMILES string of the molecule is CC1CC/C(=C\C(C)(C)C)C1. The van der Waals surface area contributed by atoms with Crippen LogP contribution in [-0.4, -0.2) is 0 Å². The minimum atomic E-state index is 0.388. The van der Waals surface area contributed by atoms with Crippen LogP contribution >= 0.6 is 0 Å². The van der Waals surface area contributed by atoms with Gasteiger partial charge in [-0.1, -0.05) is 39.3 Å². The zero-order chi connectivity index (χ0) is 8.48. The van der Waals surface area contributed by atoms with E-state index in [1.165, 1.54) is 19.3 Å². The predicted octanol–water partition coefficient (Wildman–Crippen LogP) is 3.78. The van der Waals surface area contributed by atoms with Crippen LogP contribution in [0.2, 0.25) is 0 Å². The molecular weight excluding hydrogens is 132 g/mol. The largest absolute Gasteiger partial charge is 0.0799 e. The van der Waals surface area contributed by atoms with Gasteiger partial charge in [0.2, 0.25) is 0 Å². The van der Waals surface area contributed by atoms with Gasteiger partial charge in [-0.3, -0.25) is 0 Å². The maximum atomic E-state index is 2.45. The molecule has 0 amide bonds. The summed E-state index contributed by atoms with van der Waals surface area (Å²) < 4.78 is 0. The number of hydrogen-bond acceptors (Lipinski definition) is 0. The molecule has 1 saturated carbocycles. The minimum absolute atomic E-state index is 0.388. The molecule has 0 aromatic carbocycles. The van der Waals surface area contributed by atoms with Gasteiger partial charge in [0, 0.05) is 0 Å². The van der Waals surface area contributed by atoms with E-state index < -0.39 is 0 Å². The van der Waals surface area contributed by atoms with Gasteiger partial charge in [-0.25, -0.2) is 0 Å². The van der Waals surface area contributed by atoms with Crippen molar-refractivity contribution in [3.05, 3.63) is 11.6 Å². The van der Waals surface area contributed by atoms with E-state index in [0.717, 1.165) is 5.92 Å². The van der Waals surface area contributed by atoms with Crippen molar-refractivity contribution in [2.24, 2.45) is 11.3 Å². The zero-order valence-electron chi connectivity index (χ0n) is 8.28. The summed E-state index contributed by atoms with van der Waals surface area (Å²) in [4.78, 5) is 0. The average Bonchev–Trinajstić information content (AvgIpc) is 2.10. The first-order chi connectivity index (χ1) is 4.97. The fourth-order valence-corrected chi connectivity index (χ4v) is 1.83. The molecule has 0 aromatic heterocycles. The molecule has 0 saturated heterocycles. The molecule has 0 heteroatoms. The first kappa shape index (κ1) is 8.83. The molecule has 1 atom stereocenters. The van der Waals surface area contributed by atoms with Gasteiger partial charge in [-0.05, 0) is 30.6 Å². The average molecular weight is 152 g/mol. The zero-order valence-corrected chi connectivity index (χ0v) is 8.28. The lowest BCUT2D eigenvalue weighted by Crippen LogP contribution is -2.00. The first-order valence-electron chi connectivity index (χ1n) is 4.68. The second-order valence-electron chi connectivity index (χ2n) is 5.02. The van der Waals surface area contributed by atoms with Gasteiger partial charge in [-0.15, -0.1) is 0 Å². The van der Waals surface area contributed by atoms with E-state index in [1.807, 2.05) is 0 Å². The molecule has 1 rings (SSSR count). The van der Waals surface area contributed by atoms with E-state index >= 15 is 0 Å². The molecule has 64 valence electrons. The highest BCUT2D eigenvalue weighted by molar-refractivity contribution is 5.11. The van der Waals surface area contributed by atoms with E-state index in [1.54, 1.807) is 5.57 Å². The van der Waals surface area contributed by atoms with Crippen LogP contribution in [0.1, 0.15) is 47.0 Å². The quantitative estimate of drug-likeness (QED) is 0.463. The molecular formula is C11H20. The Balaban J connectivity index is 2.55. The highest BCUT2D eigenvalue weighted by atomic mass is 14.2. The molecule has 1 aliphatic carbocycles. The molecule has 1 fully saturated rings. The van der Waals surface area contributed by atoms with Crippen LogP contribution in [0, 0.1) is 11.3 Å². The minimum Gasteiger partial charge on any atom is -0.0799 e. The lowest BCUT2D eigenvalue weighted by Gasteiger charge is -2.13. The monoisotopic (exact) mass is 152 g/mol. The Hall–Kier alpha value is -0.260. The Morgan fingerprint density at radius 2 is 2.00 bits per heavy atom. The van der Waals surface area contributed by atoms with Crippen molar-refractivity contribution in [2.75, 3.05) is 0 Å². The molecule has 0 N–H and O–H groups in total. The number of hydrogen-bond donors (Lipinski definition) is 0. The molecule has 1 unspecified atom stereocenters. The van der Waals surface area contributed by atoms with Gasteiger partial charge in [-0.2, -0.15) is 0 Å². The van der Waals surface area contributed by atoms with Gasteiger partial charge in [0.05, 0.1) is 0 Å². The smallest absolute Gasteiger partial charge is 0.0200 e. The summed E-state index contributed by atoms with van der Waals surface area (Å²) in [6.07, 6.45) is 6.55. The first-order valence-corrected chi connectivity index (χ1v) is 4.68. The van der Waals surface area contributed by atoms with Crippen LogP contribution in [-0.2, 0) is 0 Å². The highest BCUT2D eigenvalue weighted by Crippen LogP contribution is 2.32. The molecule has 1 aliphatic rings. The molecule has 0 nitrogen and oxygen atoms in total. The Morgan fingerprint density at radius 3 is 2.36 bits per heavy atom. The standard InChI is InChI=1S/C11H20/c1-9-5-6-10(7-9)8-11(2,3)4/h8-9H,5-7H2,1-4H3/b10-8+. The Kier molecular flexibility index (Phi) is 2.41. The van der Waals surface area contributed by atoms with Crippen molar-refractivity contribution in [3.63, 3.8) is 0 Å². The molecule has 0 aliphatic heterocycles. The lowest BCUT2D eigenvalue weighted by atomic mass is 9.93. The number of allylic oxidation sites excluding steroid dienone is 2. The Bertz CT molecular complexity index is 157. The van der Waals surface area contributed by atoms with Crippen molar-refractivity contribution in [1.82, 2.24) is 0 Å². The van der Waals surface area contributed by atoms with Crippen molar-refractivity contribution >= 4 is 0 Å². The predicted molar refractivity (Wildman–Crippen MR) is 50.6 cm³/mol. The van der Waals surface area contributed by atoms with E-state index in [0.29, 0.717) is 5.41 Å². The van der Waals surface area contributed by atoms with Crippen LogP contribution in [0.5, 0.6) is 0 Å². The third-order valence-corrected chi connectivity index (χ3v) is 2.21. The molecule has 0 radical (unpaired) electrons. The van der Waals surface area contributed by atoms with Gasteiger partial charge in [0.25, 0.3) is 0 Å². The van der Waals surface area contributed by atoms with Gasteiger partial charge < -0.3 is 0 Å². The van der Waals surface area contributed by atoms with E-state index in [4.69, 9.17) is 0 Å². The van der Waals surface area contributed by atoms with Crippen molar-refractivity contribution in [2.45, 2.75) is 47.0 Å². The van der Waals surface area contributed by atoms with Gasteiger partial charge in [0.15, 0.2) is 0 Å². The normalized spacial score (nSPS) is 29.8.